The Morgan fingerprint density at radius 3 is 2.83 bits per heavy atom. The van der Waals surface area contributed by atoms with Crippen LogP contribution in [0.4, 0.5) is 0 Å². The largest absolute Gasteiger partial charge is 1.00 e. The molecule has 1 heterocycles. The summed E-state index contributed by atoms with van der Waals surface area (Å²) in [6, 6.07) is 3.31. The molecule has 1 aromatic rings. The fourth-order valence-corrected chi connectivity index (χ4v) is 0.806. The Labute approximate surface area is 83.0 Å². The molecule has 58 valence electrons. The van der Waals surface area contributed by atoms with Crippen LogP contribution in [0.25, 0.3) is 0 Å². The summed E-state index contributed by atoms with van der Waals surface area (Å²) in [7, 11) is 0. The standard InChI is InChI=1S/C8H9NO2.Li/c1-2-6-3-4-9-7(5-6)8(10)11;/h3-5H,2H2,1H3,(H,10,11);/q;+1/p-1. The molecule has 0 aliphatic heterocycles. The molecule has 4 heteroatoms. The van der Waals surface area contributed by atoms with Gasteiger partial charge in [0, 0.05) is 6.20 Å². The molecule has 1 aromatic heterocycles. The molecule has 0 N–H and O–H groups in total. The van der Waals surface area contributed by atoms with Crippen molar-refractivity contribution < 1.29 is 28.8 Å². The third-order valence-electron chi connectivity index (χ3n) is 1.44. The molecule has 0 spiro atoms. The number of aryl methyl sites for hydroxylation is 1. The van der Waals surface area contributed by atoms with E-state index in [9.17, 15) is 9.90 Å². The second-order valence-electron chi connectivity index (χ2n) is 2.19. The molecule has 0 aliphatic carbocycles. The van der Waals surface area contributed by atoms with Gasteiger partial charge in [-0.25, -0.2) is 0 Å². The normalized spacial score (nSPS) is 8.75. The van der Waals surface area contributed by atoms with Crippen molar-refractivity contribution in [3.63, 3.8) is 0 Å². The fraction of sp³-hybridized carbons (Fsp3) is 0.250. The van der Waals surface area contributed by atoms with Crippen LogP contribution < -0.4 is 24.0 Å². The average Bonchev–Trinajstić information content (AvgIpc) is 2.05. The topological polar surface area (TPSA) is 53.0 Å². The maximum atomic E-state index is 10.3. The van der Waals surface area contributed by atoms with Crippen molar-refractivity contribution in [3.8, 4) is 0 Å². The van der Waals surface area contributed by atoms with Gasteiger partial charge in [-0.2, -0.15) is 0 Å². The Balaban J connectivity index is 0.00000121. The van der Waals surface area contributed by atoms with Gasteiger partial charge in [0.25, 0.3) is 0 Å². The van der Waals surface area contributed by atoms with Crippen molar-refractivity contribution >= 4 is 5.97 Å². The van der Waals surface area contributed by atoms with E-state index in [1.807, 2.05) is 6.92 Å². The van der Waals surface area contributed by atoms with Crippen LogP contribution in [-0.2, 0) is 6.42 Å². The molecule has 12 heavy (non-hydrogen) atoms. The summed E-state index contributed by atoms with van der Waals surface area (Å²) in [6.07, 6.45) is 2.28. The number of carbonyl (C=O) groups is 1. The minimum Gasteiger partial charge on any atom is -0.543 e. The summed E-state index contributed by atoms with van der Waals surface area (Å²) >= 11 is 0. The second-order valence-corrected chi connectivity index (χ2v) is 2.19. The minimum absolute atomic E-state index is 0. The molecule has 0 aromatic carbocycles. The molecule has 0 unspecified atom stereocenters. The number of hydrogen-bond donors (Lipinski definition) is 0. The van der Waals surface area contributed by atoms with Crippen LogP contribution in [0.2, 0.25) is 0 Å². The van der Waals surface area contributed by atoms with E-state index >= 15 is 0 Å². The first kappa shape index (κ1) is 11.2. The van der Waals surface area contributed by atoms with Crippen molar-refractivity contribution in [3.05, 3.63) is 29.6 Å². The molecule has 0 atom stereocenters. The Bertz CT molecular complexity index is 276. The quantitative estimate of drug-likeness (QED) is 0.430. The maximum absolute atomic E-state index is 10.3. The van der Waals surface area contributed by atoms with Crippen LogP contribution in [0, 0.1) is 0 Å². The molecule has 1 rings (SSSR count). The number of carbonyl (C=O) groups excluding carboxylic acids is 1. The van der Waals surface area contributed by atoms with Gasteiger partial charge in [0.05, 0.1) is 11.7 Å². The van der Waals surface area contributed by atoms with Gasteiger partial charge in [0.2, 0.25) is 0 Å². The van der Waals surface area contributed by atoms with Crippen molar-refractivity contribution in [2.45, 2.75) is 13.3 Å². The first-order valence-electron chi connectivity index (χ1n) is 3.40. The van der Waals surface area contributed by atoms with Gasteiger partial charge in [-0.05, 0) is 24.1 Å². The Kier molecular flexibility index (Phi) is 4.64. The van der Waals surface area contributed by atoms with Crippen LogP contribution in [-0.4, -0.2) is 11.0 Å². The molecule has 0 saturated heterocycles. The van der Waals surface area contributed by atoms with Gasteiger partial charge in [-0.15, -0.1) is 0 Å². The van der Waals surface area contributed by atoms with E-state index in [1.165, 1.54) is 12.3 Å². The summed E-state index contributed by atoms with van der Waals surface area (Å²) in [5, 5.41) is 10.3. The first-order chi connectivity index (χ1) is 5.24. The van der Waals surface area contributed by atoms with E-state index in [2.05, 4.69) is 4.98 Å². The molecule has 0 saturated carbocycles. The van der Waals surface area contributed by atoms with Crippen LogP contribution in [0.3, 0.4) is 0 Å². The Morgan fingerprint density at radius 1 is 1.67 bits per heavy atom. The first-order valence-corrected chi connectivity index (χ1v) is 3.40. The van der Waals surface area contributed by atoms with Gasteiger partial charge in [-0.1, -0.05) is 6.92 Å². The van der Waals surface area contributed by atoms with E-state index in [1.54, 1.807) is 6.07 Å². The molecule has 3 nitrogen and oxygen atoms in total. The Hall–Kier alpha value is -0.783. The van der Waals surface area contributed by atoms with Gasteiger partial charge in [-0.3, -0.25) is 4.98 Å². The molecular weight excluding hydrogens is 149 g/mol. The molecule has 0 amide bonds. The number of hydrogen-bond acceptors (Lipinski definition) is 3. The number of carboxylic acids is 1. The third kappa shape index (κ3) is 2.69. The number of carboxylic acid groups (broad SMARTS) is 1. The molecule has 0 radical (unpaired) electrons. The fourth-order valence-electron chi connectivity index (χ4n) is 0.806. The predicted molar refractivity (Wildman–Crippen MR) is 37.9 cm³/mol. The molecule has 0 fully saturated rings. The van der Waals surface area contributed by atoms with Crippen molar-refractivity contribution in [2.24, 2.45) is 0 Å². The smallest absolute Gasteiger partial charge is 0.543 e. The summed E-state index contributed by atoms with van der Waals surface area (Å²) < 4.78 is 0. The van der Waals surface area contributed by atoms with Crippen LogP contribution in [0.5, 0.6) is 0 Å². The van der Waals surface area contributed by atoms with Crippen molar-refractivity contribution in [1.29, 1.82) is 0 Å². The molecule has 0 aliphatic rings. The number of nitrogens with zero attached hydrogens (tertiary/aromatic N) is 1. The number of aromatic carboxylic acids is 1. The number of rotatable bonds is 2. The summed E-state index contributed by atoms with van der Waals surface area (Å²) in [6.45, 7) is 1.95. The summed E-state index contributed by atoms with van der Waals surface area (Å²) in [5.74, 6) is -1.22. The number of aromatic nitrogens is 1. The van der Waals surface area contributed by atoms with Gasteiger partial charge >= 0.3 is 18.9 Å². The average molecular weight is 157 g/mol. The van der Waals surface area contributed by atoms with Crippen molar-refractivity contribution in [2.75, 3.05) is 0 Å². The third-order valence-corrected chi connectivity index (χ3v) is 1.44. The van der Waals surface area contributed by atoms with Gasteiger partial charge in [0.1, 0.15) is 0 Å². The SMILES string of the molecule is CCc1ccnc(C(=O)[O-])c1.[Li+]. The minimum atomic E-state index is -1.22. The van der Waals surface area contributed by atoms with Crippen LogP contribution >= 0.6 is 0 Å². The van der Waals surface area contributed by atoms with Crippen LogP contribution in [0.1, 0.15) is 23.0 Å². The van der Waals surface area contributed by atoms with Gasteiger partial charge in [0.15, 0.2) is 0 Å². The van der Waals surface area contributed by atoms with E-state index in [4.69, 9.17) is 0 Å². The van der Waals surface area contributed by atoms with E-state index in [0.717, 1.165) is 12.0 Å². The zero-order valence-electron chi connectivity index (χ0n) is 7.20. The maximum Gasteiger partial charge on any atom is 1.00 e. The predicted octanol–water partition coefficient (Wildman–Crippen LogP) is -2.99. The molecular formula is C8H8LiNO2. The van der Waals surface area contributed by atoms with Gasteiger partial charge < -0.3 is 9.90 Å². The second kappa shape index (κ2) is 4.97. The van der Waals surface area contributed by atoms with Crippen LogP contribution in [0.15, 0.2) is 18.3 Å². The van der Waals surface area contributed by atoms with E-state index in [0.29, 0.717) is 0 Å². The number of pyridine rings is 1. The monoisotopic (exact) mass is 157 g/mol. The zero-order valence-corrected chi connectivity index (χ0v) is 7.20. The summed E-state index contributed by atoms with van der Waals surface area (Å²) in [5.41, 5.74) is 0.962. The van der Waals surface area contributed by atoms with E-state index < -0.39 is 5.97 Å². The Morgan fingerprint density at radius 2 is 2.33 bits per heavy atom. The summed E-state index contributed by atoms with van der Waals surface area (Å²) in [4.78, 5) is 13.9. The van der Waals surface area contributed by atoms with E-state index in [-0.39, 0.29) is 24.6 Å². The molecule has 0 bridgehead atoms. The van der Waals surface area contributed by atoms with Crippen molar-refractivity contribution in [1.82, 2.24) is 4.98 Å². The zero-order chi connectivity index (χ0) is 8.27.